The maximum atomic E-state index is 9.43. The minimum absolute atomic E-state index is 0.267. The van der Waals surface area contributed by atoms with E-state index in [-0.39, 0.29) is 5.75 Å². The SMILES string of the molecule is CN1C=Nc2nccc(O)c2C1. The molecule has 0 fully saturated rings. The molecule has 1 aromatic heterocycles. The van der Waals surface area contributed by atoms with Gasteiger partial charge in [0, 0.05) is 13.2 Å². The monoisotopic (exact) mass is 163 g/mol. The zero-order valence-corrected chi connectivity index (χ0v) is 6.73. The van der Waals surface area contributed by atoms with Crippen LogP contribution >= 0.6 is 0 Å². The van der Waals surface area contributed by atoms with E-state index in [1.807, 2.05) is 11.9 Å². The maximum absolute atomic E-state index is 9.43. The predicted molar refractivity (Wildman–Crippen MR) is 45.5 cm³/mol. The summed E-state index contributed by atoms with van der Waals surface area (Å²) in [5.74, 6) is 0.886. The largest absolute Gasteiger partial charge is 0.507 e. The molecular formula is C8H9N3O. The highest BCUT2D eigenvalue weighted by molar-refractivity contribution is 5.66. The summed E-state index contributed by atoms with van der Waals surface area (Å²) < 4.78 is 0. The van der Waals surface area contributed by atoms with Crippen molar-refractivity contribution in [3.8, 4) is 5.75 Å². The number of aromatic hydroxyl groups is 1. The summed E-state index contributed by atoms with van der Waals surface area (Å²) in [5.41, 5.74) is 0.794. The van der Waals surface area contributed by atoms with Gasteiger partial charge in [-0.05, 0) is 6.07 Å². The number of fused-ring (bicyclic) bond motifs is 1. The molecule has 0 bridgehead atoms. The summed E-state index contributed by atoms with van der Waals surface area (Å²) in [6.45, 7) is 0.665. The molecule has 1 N–H and O–H groups in total. The predicted octanol–water partition coefficient (Wildman–Crippen LogP) is 0.892. The van der Waals surface area contributed by atoms with Crippen molar-refractivity contribution in [2.45, 2.75) is 6.54 Å². The van der Waals surface area contributed by atoms with Crippen LogP contribution in [0.15, 0.2) is 17.3 Å². The second-order valence-electron chi connectivity index (χ2n) is 2.79. The fourth-order valence-corrected chi connectivity index (χ4v) is 1.18. The molecule has 0 saturated carbocycles. The highest BCUT2D eigenvalue weighted by atomic mass is 16.3. The number of pyridine rings is 1. The molecule has 0 atom stereocenters. The van der Waals surface area contributed by atoms with Gasteiger partial charge in [-0.3, -0.25) is 0 Å². The Morgan fingerprint density at radius 2 is 2.42 bits per heavy atom. The molecule has 2 heterocycles. The summed E-state index contributed by atoms with van der Waals surface area (Å²) in [6.07, 6.45) is 3.26. The van der Waals surface area contributed by atoms with Crippen molar-refractivity contribution in [3.05, 3.63) is 17.8 Å². The van der Waals surface area contributed by atoms with Gasteiger partial charge in [0.15, 0.2) is 5.82 Å². The van der Waals surface area contributed by atoms with Gasteiger partial charge >= 0.3 is 0 Å². The van der Waals surface area contributed by atoms with Crippen molar-refractivity contribution in [3.63, 3.8) is 0 Å². The molecule has 0 aliphatic carbocycles. The zero-order chi connectivity index (χ0) is 8.55. The highest BCUT2D eigenvalue weighted by Crippen LogP contribution is 2.28. The number of hydrogen-bond acceptors (Lipinski definition) is 4. The van der Waals surface area contributed by atoms with Crippen LogP contribution in [0.5, 0.6) is 5.75 Å². The Bertz CT molecular complexity index is 335. The summed E-state index contributed by atoms with van der Waals surface area (Å²) in [6, 6.07) is 1.58. The van der Waals surface area contributed by atoms with Gasteiger partial charge in [0.25, 0.3) is 0 Å². The fraction of sp³-hybridized carbons (Fsp3) is 0.250. The Morgan fingerprint density at radius 1 is 1.58 bits per heavy atom. The van der Waals surface area contributed by atoms with Gasteiger partial charge in [-0.1, -0.05) is 0 Å². The van der Waals surface area contributed by atoms with Crippen LogP contribution in [-0.2, 0) is 6.54 Å². The Hall–Kier alpha value is -1.58. The molecule has 12 heavy (non-hydrogen) atoms. The summed E-state index contributed by atoms with van der Waals surface area (Å²) in [5, 5.41) is 9.43. The minimum atomic E-state index is 0.267. The van der Waals surface area contributed by atoms with Gasteiger partial charge in [-0.25, -0.2) is 9.98 Å². The number of aromatic nitrogens is 1. The normalized spacial score (nSPS) is 14.6. The average Bonchev–Trinajstić information content (AvgIpc) is 2.07. The van der Waals surface area contributed by atoms with Gasteiger partial charge in [0.05, 0.1) is 18.4 Å². The van der Waals surface area contributed by atoms with Gasteiger partial charge in [-0.15, -0.1) is 0 Å². The zero-order valence-electron chi connectivity index (χ0n) is 6.73. The molecule has 0 saturated heterocycles. The number of nitrogens with zero attached hydrogens (tertiary/aromatic N) is 3. The van der Waals surface area contributed by atoms with E-state index in [1.54, 1.807) is 18.6 Å². The number of hydrogen-bond donors (Lipinski definition) is 1. The second kappa shape index (κ2) is 2.48. The first-order valence-electron chi connectivity index (χ1n) is 3.68. The summed E-state index contributed by atoms with van der Waals surface area (Å²) in [7, 11) is 1.90. The molecule has 0 amide bonds. The molecule has 0 unspecified atom stereocenters. The molecule has 0 aromatic carbocycles. The second-order valence-corrected chi connectivity index (χ2v) is 2.79. The van der Waals surface area contributed by atoms with E-state index in [2.05, 4.69) is 9.98 Å². The van der Waals surface area contributed by atoms with E-state index in [0.717, 1.165) is 5.56 Å². The van der Waals surface area contributed by atoms with Gasteiger partial charge in [0.1, 0.15) is 5.75 Å². The Balaban J connectivity index is 2.53. The highest BCUT2D eigenvalue weighted by Gasteiger charge is 2.13. The van der Waals surface area contributed by atoms with Crippen LogP contribution in [0, 0.1) is 0 Å². The van der Waals surface area contributed by atoms with Crippen molar-refractivity contribution in [2.75, 3.05) is 7.05 Å². The maximum Gasteiger partial charge on any atom is 0.162 e. The van der Waals surface area contributed by atoms with E-state index in [9.17, 15) is 5.11 Å². The van der Waals surface area contributed by atoms with Gasteiger partial charge < -0.3 is 10.0 Å². The fourth-order valence-electron chi connectivity index (χ4n) is 1.18. The van der Waals surface area contributed by atoms with E-state index < -0.39 is 0 Å². The van der Waals surface area contributed by atoms with Crippen LogP contribution in [0.25, 0.3) is 0 Å². The third kappa shape index (κ3) is 1.01. The van der Waals surface area contributed by atoms with Gasteiger partial charge in [0.2, 0.25) is 0 Å². The Labute approximate surface area is 70.2 Å². The van der Waals surface area contributed by atoms with Crippen LogP contribution in [0.4, 0.5) is 5.82 Å². The lowest BCUT2D eigenvalue weighted by Crippen LogP contribution is -2.18. The van der Waals surface area contributed by atoms with Crippen molar-refractivity contribution < 1.29 is 5.11 Å². The standard InChI is InChI=1S/C8H9N3O/c1-11-4-6-7(12)2-3-9-8(6)10-5-11/h2-3,5H,4H2,1H3,(H,9,12). The van der Waals surface area contributed by atoms with E-state index in [0.29, 0.717) is 12.4 Å². The third-order valence-electron chi connectivity index (χ3n) is 1.79. The van der Waals surface area contributed by atoms with Crippen LogP contribution in [0.3, 0.4) is 0 Å². The first kappa shape index (κ1) is 7.09. The van der Waals surface area contributed by atoms with E-state index in [4.69, 9.17) is 0 Å². The lowest BCUT2D eigenvalue weighted by atomic mass is 10.2. The van der Waals surface area contributed by atoms with Crippen molar-refractivity contribution >= 4 is 12.2 Å². The van der Waals surface area contributed by atoms with Crippen LogP contribution in [0.2, 0.25) is 0 Å². The number of rotatable bonds is 0. The molecule has 1 aliphatic heterocycles. The Morgan fingerprint density at radius 3 is 3.25 bits per heavy atom. The van der Waals surface area contributed by atoms with Crippen molar-refractivity contribution in [1.29, 1.82) is 0 Å². The smallest absolute Gasteiger partial charge is 0.162 e. The minimum Gasteiger partial charge on any atom is -0.507 e. The molecule has 1 aromatic rings. The van der Waals surface area contributed by atoms with Crippen LogP contribution < -0.4 is 0 Å². The molecule has 1 aliphatic rings. The molecule has 62 valence electrons. The summed E-state index contributed by atoms with van der Waals surface area (Å²) >= 11 is 0. The number of aliphatic imine (C=N–C) groups is 1. The summed E-state index contributed by atoms with van der Waals surface area (Å²) in [4.78, 5) is 9.99. The molecule has 4 nitrogen and oxygen atoms in total. The van der Waals surface area contributed by atoms with E-state index in [1.165, 1.54) is 0 Å². The van der Waals surface area contributed by atoms with Gasteiger partial charge in [-0.2, -0.15) is 0 Å². The van der Waals surface area contributed by atoms with Crippen molar-refractivity contribution in [2.24, 2.45) is 4.99 Å². The molecule has 2 rings (SSSR count). The lowest BCUT2D eigenvalue weighted by molar-refractivity contribution is 0.441. The molecule has 0 spiro atoms. The lowest BCUT2D eigenvalue weighted by Gasteiger charge is -2.19. The Kier molecular flexibility index (Phi) is 1.46. The quantitative estimate of drug-likeness (QED) is 0.618. The van der Waals surface area contributed by atoms with E-state index >= 15 is 0 Å². The topological polar surface area (TPSA) is 48.7 Å². The molecular weight excluding hydrogens is 154 g/mol. The first-order chi connectivity index (χ1) is 5.77. The van der Waals surface area contributed by atoms with Crippen molar-refractivity contribution in [1.82, 2.24) is 9.88 Å². The molecule has 0 radical (unpaired) electrons. The van der Waals surface area contributed by atoms with Crippen LogP contribution in [-0.4, -0.2) is 28.4 Å². The average molecular weight is 163 g/mol. The van der Waals surface area contributed by atoms with Crippen LogP contribution in [0.1, 0.15) is 5.56 Å². The molecule has 4 heteroatoms. The first-order valence-corrected chi connectivity index (χ1v) is 3.68. The third-order valence-corrected chi connectivity index (χ3v) is 1.79.